The molecule has 0 atom stereocenters. The lowest BCUT2D eigenvalue weighted by Crippen LogP contribution is -2.22. The van der Waals surface area contributed by atoms with Gasteiger partial charge in [0.2, 0.25) is 0 Å². The van der Waals surface area contributed by atoms with Gasteiger partial charge in [-0.2, -0.15) is 0 Å². The van der Waals surface area contributed by atoms with E-state index in [0.29, 0.717) is 5.56 Å². The van der Waals surface area contributed by atoms with Crippen molar-refractivity contribution < 1.29 is 19.4 Å². The molecule has 5 nitrogen and oxygen atoms in total. The minimum atomic E-state index is -0.494. The van der Waals surface area contributed by atoms with Gasteiger partial charge in [0.05, 0.1) is 31.5 Å². The van der Waals surface area contributed by atoms with Crippen LogP contribution in [0.4, 0.5) is 5.69 Å². The summed E-state index contributed by atoms with van der Waals surface area (Å²) in [6.07, 6.45) is 0. The van der Waals surface area contributed by atoms with Crippen LogP contribution in [-0.4, -0.2) is 31.3 Å². The highest BCUT2D eigenvalue weighted by molar-refractivity contribution is 6.00. The van der Waals surface area contributed by atoms with Crippen molar-refractivity contribution in [1.82, 2.24) is 0 Å². The molecule has 2 N–H and O–H groups in total. The standard InChI is InChI=1S/C14H17NO4/c1-4-19-14(17)10-7-15-12-8(2)11(18-3)6-5-9(12)13(10)16/h5-6,15-16H,4,7H2,1-3H3. The first-order valence-electron chi connectivity index (χ1n) is 6.11. The number of ether oxygens (including phenoxy) is 2. The maximum Gasteiger partial charge on any atom is 0.339 e. The molecule has 0 bridgehead atoms. The fraction of sp³-hybridized carbons (Fsp3) is 0.357. The molecule has 0 saturated carbocycles. The van der Waals surface area contributed by atoms with Crippen molar-refractivity contribution in [3.05, 3.63) is 28.8 Å². The zero-order valence-corrected chi connectivity index (χ0v) is 11.2. The third-order valence-electron chi connectivity index (χ3n) is 3.14. The van der Waals surface area contributed by atoms with Gasteiger partial charge in [-0.05, 0) is 26.0 Å². The van der Waals surface area contributed by atoms with Crippen LogP contribution in [0.1, 0.15) is 18.1 Å². The zero-order chi connectivity index (χ0) is 14.0. The molecule has 19 heavy (non-hydrogen) atoms. The lowest BCUT2D eigenvalue weighted by molar-refractivity contribution is -0.138. The van der Waals surface area contributed by atoms with Gasteiger partial charge in [-0.1, -0.05) is 0 Å². The average molecular weight is 263 g/mol. The van der Waals surface area contributed by atoms with Crippen LogP contribution in [0.25, 0.3) is 5.76 Å². The molecule has 0 amide bonds. The molecule has 1 aromatic rings. The Hall–Kier alpha value is -2.17. The molecule has 0 aliphatic carbocycles. The van der Waals surface area contributed by atoms with Crippen molar-refractivity contribution in [1.29, 1.82) is 0 Å². The second-order valence-corrected chi connectivity index (χ2v) is 4.22. The predicted molar refractivity (Wildman–Crippen MR) is 72.4 cm³/mol. The van der Waals surface area contributed by atoms with Crippen LogP contribution in [0.2, 0.25) is 0 Å². The maximum atomic E-state index is 11.7. The lowest BCUT2D eigenvalue weighted by Gasteiger charge is -2.23. The number of hydrogen-bond donors (Lipinski definition) is 2. The van der Waals surface area contributed by atoms with E-state index >= 15 is 0 Å². The Morgan fingerprint density at radius 1 is 1.47 bits per heavy atom. The highest BCUT2D eigenvalue weighted by Crippen LogP contribution is 2.36. The molecule has 5 heteroatoms. The number of rotatable bonds is 3. The quantitative estimate of drug-likeness (QED) is 0.819. The van der Waals surface area contributed by atoms with Crippen LogP contribution < -0.4 is 10.1 Å². The average Bonchev–Trinajstić information content (AvgIpc) is 2.40. The van der Waals surface area contributed by atoms with Crippen LogP contribution in [0.5, 0.6) is 5.75 Å². The molecule has 102 valence electrons. The van der Waals surface area contributed by atoms with E-state index in [0.717, 1.165) is 17.0 Å². The van der Waals surface area contributed by atoms with E-state index in [9.17, 15) is 9.90 Å². The van der Waals surface area contributed by atoms with Crippen LogP contribution >= 0.6 is 0 Å². The highest BCUT2D eigenvalue weighted by Gasteiger charge is 2.25. The molecule has 0 saturated heterocycles. The smallest absolute Gasteiger partial charge is 0.339 e. The van der Waals surface area contributed by atoms with Gasteiger partial charge >= 0.3 is 5.97 Å². The molecule has 2 rings (SSSR count). The van der Waals surface area contributed by atoms with Crippen LogP contribution in [0.15, 0.2) is 17.7 Å². The van der Waals surface area contributed by atoms with Crippen molar-refractivity contribution in [2.45, 2.75) is 13.8 Å². The molecule has 1 heterocycles. The minimum Gasteiger partial charge on any atom is -0.507 e. The summed E-state index contributed by atoms with van der Waals surface area (Å²) in [6, 6.07) is 3.49. The van der Waals surface area contributed by atoms with Gasteiger partial charge in [-0.3, -0.25) is 0 Å². The number of fused-ring (bicyclic) bond motifs is 1. The number of anilines is 1. The van der Waals surface area contributed by atoms with Crippen LogP contribution in [0.3, 0.4) is 0 Å². The molecule has 0 aromatic heterocycles. The topological polar surface area (TPSA) is 67.8 Å². The van der Waals surface area contributed by atoms with E-state index in [2.05, 4.69) is 5.32 Å². The lowest BCUT2D eigenvalue weighted by atomic mass is 9.98. The fourth-order valence-electron chi connectivity index (χ4n) is 2.15. The minimum absolute atomic E-state index is 0.0297. The summed E-state index contributed by atoms with van der Waals surface area (Å²) in [6.45, 7) is 4.15. The molecule has 0 unspecified atom stereocenters. The van der Waals surface area contributed by atoms with Gasteiger partial charge < -0.3 is 19.9 Å². The number of benzene rings is 1. The van der Waals surface area contributed by atoms with Crippen molar-refractivity contribution in [3.8, 4) is 5.75 Å². The number of hydrogen-bond acceptors (Lipinski definition) is 5. The summed E-state index contributed by atoms with van der Waals surface area (Å²) in [5.74, 6) is 0.211. The number of nitrogens with one attached hydrogen (secondary N) is 1. The number of aliphatic hydroxyl groups excluding tert-OH is 1. The number of esters is 1. The summed E-state index contributed by atoms with van der Waals surface area (Å²) in [5.41, 5.74) is 2.52. The molecule has 0 radical (unpaired) electrons. The summed E-state index contributed by atoms with van der Waals surface area (Å²) in [5, 5.41) is 13.3. The Kier molecular flexibility index (Phi) is 3.64. The van der Waals surface area contributed by atoms with Gasteiger partial charge in [0.25, 0.3) is 0 Å². The van der Waals surface area contributed by atoms with Crippen molar-refractivity contribution in [3.63, 3.8) is 0 Å². The molecular weight excluding hydrogens is 246 g/mol. The van der Waals surface area contributed by atoms with Crippen LogP contribution in [-0.2, 0) is 9.53 Å². The van der Waals surface area contributed by atoms with E-state index in [1.165, 1.54) is 0 Å². The Labute approximate surface area is 111 Å². The normalized spacial score (nSPS) is 13.6. The molecule has 1 aromatic carbocycles. The Morgan fingerprint density at radius 2 is 2.21 bits per heavy atom. The van der Waals surface area contributed by atoms with Gasteiger partial charge in [-0.15, -0.1) is 0 Å². The first kappa shape index (κ1) is 13.3. The van der Waals surface area contributed by atoms with Crippen molar-refractivity contribution >= 4 is 17.4 Å². The summed E-state index contributed by atoms with van der Waals surface area (Å²) in [7, 11) is 1.59. The largest absolute Gasteiger partial charge is 0.507 e. The summed E-state index contributed by atoms with van der Waals surface area (Å²) in [4.78, 5) is 11.7. The number of methoxy groups -OCH3 is 1. The first-order chi connectivity index (χ1) is 9.10. The number of carbonyl (C=O) groups is 1. The molecule has 0 fully saturated rings. The molecule has 1 aliphatic heterocycles. The second kappa shape index (κ2) is 5.22. The predicted octanol–water partition coefficient (Wildman–Crippen LogP) is 2.26. The Morgan fingerprint density at radius 3 is 2.84 bits per heavy atom. The van der Waals surface area contributed by atoms with E-state index in [4.69, 9.17) is 9.47 Å². The van der Waals surface area contributed by atoms with E-state index < -0.39 is 5.97 Å². The third kappa shape index (κ3) is 2.23. The second-order valence-electron chi connectivity index (χ2n) is 4.22. The molecule has 0 spiro atoms. The molecule has 1 aliphatic rings. The van der Waals surface area contributed by atoms with E-state index in [1.54, 1.807) is 26.2 Å². The van der Waals surface area contributed by atoms with Crippen molar-refractivity contribution in [2.75, 3.05) is 25.6 Å². The van der Waals surface area contributed by atoms with E-state index in [1.807, 2.05) is 6.92 Å². The van der Waals surface area contributed by atoms with Gasteiger partial charge in [0.1, 0.15) is 11.5 Å². The summed E-state index contributed by atoms with van der Waals surface area (Å²) < 4.78 is 10.2. The van der Waals surface area contributed by atoms with Crippen molar-refractivity contribution in [2.24, 2.45) is 0 Å². The van der Waals surface area contributed by atoms with Gasteiger partial charge in [0.15, 0.2) is 0 Å². The van der Waals surface area contributed by atoms with E-state index in [-0.39, 0.29) is 24.5 Å². The van der Waals surface area contributed by atoms with Crippen LogP contribution in [0, 0.1) is 6.92 Å². The van der Waals surface area contributed by atoms with Gasteiger partial charge in [-0.25, -0.2) is 4.79 Å². The number of aliphatic hydroxyl groups is 1. The molecular formula is C14H17NO4. The Balaban J connectivity index is 2.47. The monoisotopic (exact) mass is 263 g/mol. The first-order valence-corrected chi connectivity index (χ1v) is 6.11. The summed E-state index contributed by atoms with van der Waals surface area (Å²) >= 11 is 0. The third-order valence-corrected chi connectivity index (χ3v) is 3.14. The number of carbonyl (C=O) groups excluding carboxylic acids is 1. The highest BCUT2D eigenvalue weighted by atomic mass is 16.5. The maximum absolute atomic E-state index is 11.7. The zero-order valence-electron chi connectivity index (χ0n) is 11.2. The fourth-order valence-corrected chi connectivity index (χ4v) is 2.15. The van der Waals surface area contributed by atoms with Gasteiger partial charge in [0, 0.05) is 11.1 Å². The SMILES string of the molecule is CCOC(=O)C1=C(O)c2ccc(OC)c(C)c2NC1. The Bertz CT molecular complexity index is 549.